The van der Waals surface area contributed by atoms with Crippen molar-refractivity contribution < 1.29 is 18.0 Å². The minimum absolute atomic E-state index is 0.128. The standard InChI is InChI=1S/C19H24F3N3O/c1-6-25(18(26)11-17-12(2)23-24(5)14(17)4)13(3)15-8-7-9-16(10-15)19(20,21)22/h7-10,13H,6,11H2,1-5H3. The molecule has 0 radical (unpaired) electrons. The molecule has 1 aromatic carbocycles. The number of carbonyl (C=O) groups excluding carboxylic acids is 1. The van der Waals surface area contributed by atoms with Gasteiger partial charge in [-0.3, -0.25) is 9.48 Å². The summed E-state index contributed by atoms with van der Waals surface area (Å²) in [4.78, 5) is 14.4. The predicted octanol–water partition coefficient (Wildman–Crippen LogP) is 4.21. The molecule has 1 heterocycles. The summed E-state index contributed by atoms with van der Waals surface area (Å²) < 4.78 is 40.6. The highest BCUT2D eigenvalue weighted by atomic mass is 19.4. The fourth-order valence-corrected chi connectivity index (χ4v) is 3.15. The Morgan fingerprint density at radius 3 is 2.46 bits per heavy atom. The third kappa shape index (κ3) is 4.08. The van der Waals surface area contributed by atoms with Crippen LogP contribution in [0.1, 0.15) is 48.0 Å². The maximum atomic E-state index is 13.0. The van der Waals surface area contributed by atoms with Crippen LogP contribution in [0.2, 0.25) is 0 Å². The Morgan fingerprint density at radius 2 is 1.96 bits per heavy atom. The number of halogens is 3. The third-order valence-corrected chi connectivity index (χ3v) is 4.81. The second-order valence-electron chi connectivity index (χ2n) is 6.43. The van der Waals surface area contributed by atoms with Gasteiger partial charge >= 0.3 is 6.18 Å². The van der Waals surface area contributed by atoms with Gasteiger partial charge in [0, 0.05) is 24.8 Å². The van der Waals surface area contributed by atoms with Gasteiger partial charge in [-0.15, -0.1) is 0 Å². The van der Waals surface area contributed by atoms with Crippen molar-refractivity contribution in [3.05, 3.63) is 52.3 Å². The first-order valence-corrected chi connectivity index (χ1v) is 8.52. The van der Waals surface area contributed by atoms with E-state index in [-0.39, 0.29) is 12.3 Å². The zero-order valence-electron chi connectivity index (χ0n) is 15.7. The SMILES string of the molecule is CCN(C(=O)Cc1c(C)nn(C)c1C)C(C)c1cccc(C(F)(F)F)c1. The molecule has 0 spiro atoms. The summed E-state index contributed by atoms with van der Waals surface area (Å²) in [6.45, 7) is 7.73. The molecule has 0 saturated carbocycles. The summed E-state index contributed by atoms with van der Waals surface area (Å²) in [6.07, 6.45) is -4.22. The van der Waals surface area contributed by atoms with E-state index < -0.39 is 17.8 Å². The van der Waals surface area contributed by atoms with Gasteiger partial charge in [0.2, 0.25) is 5.91 Å². The molecular weight excluding hydrogens is 343 g/mol. The van der Waals surface area contributed by atoms with Gasteiger partial charge in [0.25, 0.3) is 0 Å². The third-order valence-electron chi connectivity index (χ3n) is 4.81. The molecule has 0 bridgehead atoms. The van der Waals surface area contributed by atoms with E-state index in [4.69, 9.17) is 0 Å². The van der Waals surface area contributed by atoms with Crippen molar-refractivity contribution in [3.8, 4) is 0 Å². The Morgan fingerprint density at radius 1 is 1.31 bits per heavy atom. The Hall–Kier alpha value is -2.31. The van der Waals surface area contributed by atoms with Crippen LogP contribution in [-0.4, -0.2) is 27.1 Å². The number of rotatable bonds is 5. The monoisotopic (exact) mass is 367 g/mol. The molecule has 0 aliphatic rings. The van der Waals surface area contributed by atoms with Gasteiger partial charge < -0.3 is 4.90 Å². The summed E-state index contributed by atoms with van der Waals surface area (Å²) in [6, 6.07) is 4.70. The van der Waals surface area contributed by atoms with Crippen molar-refractivity contribution in [2.24, 2.45) is 7.05 Å². The van der Waals surface area contributed by atoms with E-state index in [9.17, 15) is 18.0 Å². The van der Waals surface area contributed by atoms with E-state index in [1.807, 2.05) is 27.8 Å². The second kappa shape index (κ2) is 7.51. The van der Waals surface area contributed by atoms with Crippen molar-refractivity contribution >= 4 is 5.91 Å². The van der Waals surface area contributed by atoms with Crippen LogP contribution in [0, 0.1) is 13.8 Å². The molecular formula is C19H24F3N3O. The van der Waals surface area contributed by atoms with Crippen LogP contribution in [0.5, 0.6) is 0 Å². The molecule has 7 heteroatoms. The fourth-order valence-electron chi connectivity index (χ4n) is 3.15. The molecule has 1 unspecified atom stereocenters. The van der Waals surface area contributed by atoms with Crippen molar-refractivity contribution in [1.82, 2.24) is 14.7 Å². The highest BCUT2D eigenvalue weighted by Crippen LogP contribution is 2.32. The van der Waals surface area contributed by atoms with Gasteiger partial charge in [-0.05, 0) is 45.4 Å². The number of nitrogens with zero attached hydrogens (tertiary/aromatic N) is 3. The minimum Gasteiger partial charge on any atom is -0.336 e. The van der Waals surface area contributed by atoms with Gasteiger partial charge in [-0.2, -0.15) is 18.3 Å². The highest BCUT2D eigenvalue weighted by molar-refractivity contribution is 5.79. The fraction of sp³-hybridized carbons (Fsp3) is 0.474. The molecule has 0 N–H and O–H groups in total. The van der Waals surface area contributed by atoms with Crippen molar-refractivity contribution in [2.75, 3.05) is 6.54 Å². The molecule has 2 rings (SSSR count). The van der Waals surface area contributed by atoms with E-state index in [0.29, 0.717) is 12.1 Å². The summed E-state index contributed by atoms with van der Waals surface area (Å²) in [5.41, 5.74) is 2.34. The number of amides is 1. The van der Waals surface area contributed by atoms with E-state index in [2.05, 4.69) is 5.10 Å². The molecule has 2 aromatic rings. The first-order chi connectivity index (χ1) is 12.1. The van der Waals surface area contributed by atoms with Crippen LogP contribution in [0.4, 0.5) is 13.2 Å². The lowest BCUT2D eigenvalue weighted by atomic mass is 10.0. The molecule has 0 aliphatic heterocycles. The molecule has 0 aliphatic carbocycles. The van der Waals surface area contributed by atoms with Crippen LogP contribution in [-0.2, 0) is 24.4 Å². The van der Waals surface area contributed by atoms with Crippen LogP contribution < -0.4 is 0 Å². The number of hydrogen-bond acceptors (Lipinski definition) is 2. The Bertz CT molecular complexity index is 796. The second-order valence-corrected chi connectivity index (χ2v) is 6.43. The largest absolute Gasteiger partial charge is 0.416 e. The van der Waals surface area contributed by atoms with Crippen LogP contribution in [0.15, 0.2) is 24.3 Å². The molecule has 1 atom stereocenters. The summed E-state index contributed by atoms with van der Waals surface area (Å²) in [5.74, 6) is -0.128. The van der Waals surface area contributed by atoms with Crippen molar-refractivity contribution in [2.45, 2.75) is 46.3 Å². The quantitative estimate of drug-likeness (QED) is 0.794. The van der Waals surface area contributed by atoms with E-state index in [1.54, 1.807) is 22.6 Å². The topological polar surface area (TPSA) is 38.1 Å². The number of benzene rings is 1. The zero-order chi connectivity index (χ0) is 19.6. The number of aromatic nitrogens is 2. The average molecular weight is 367 g/mol. The van der Waals surface area contributed by atoms with Crippen LogP contribution in [0.3, 0.4) is 0 Å². The Balaban J connectivity index is 2.25. The summed E-state index contributed by atoms with van der Waals surface area (Å²) in [5, 5.41) is 4.31. The minimum atomic E-state index is -4.40. The molecule has 26 heavy (non-hydrogen) atoms. The normalized spacial score (nSPS) is 12.9. The van der Waals surface area contributed by atoms with E-state index in [0.717, 1.165) is 29.1 Å². The molecule has 0 fully saturated rings. The predicted molar refractivity (Wildman–Crippen MR) is 93.6 cm³/mol. The Labute approximate surface area is 151 Å². The number of alkyl halides is 3. The lowest BCUT2D eigenvalue weighted by Crippen LogP contribution is -2.35. The number of likely N-dealkylation sites (N-methyl/N-ethyl adjacent to an activating group) is 1. The lowest BCUT2D eigenvalue weighted by Gasteiger charge is -2.29. The molecule has 4 nitrogen and oxygen atoms in total. The van der Waals surface area contributed by atoms with Crippen molar-refractivity contribution in [1.29, 1.82) is 0 Å². The number of aryl methyl sites for hydroxylation is 2. The maximum absolute atomic E-state index is 13.0. The van der Waals surface area contributed by atoms with Gasteiger partial charge in [-0.1, -0.05) is 12.1 Å². The first-order valence-electron chi connectivity index (χ1n) is 8.52. The van der Waals surface area contributed by atoms with Crippen LogP contribution in [0.25, 0.3) is 0 Å². The molecule has 1 amide bonds. The molecule has 142 valence electrons. The van der Waals surface area contributed by atoms with Crippen molar-refractivity contribution in [3.63, 3.8) is 0 Å². The maximum Gasteiger partial charge on any atom is 0.416 e. The first kappa shape index (κ1) is 20.0. The number of carbonyl (C=O) groups is 1. The smallest absolute Gasteiger partial charge is 0.336 e. The summed E-state index contributed by atoms with van der Waals surface area (Å²) >= 11 is 0. The Kier molecular flexibility index (Phi) is 5.78. The number of hydrogen-bond donors (Lipinski definition) is 0. The zero-order valence-corrected chi connectivity index (χ0v) is 15.7. The van der Waals surface area contributed by atoms with Gasteiger partial charge in [0.15, 0.2) is 0 Å². The van der Waals surface area contributed by atoms with Gasteiger partial charge in [0.1, 0.15) is 0 Å². The van der Waals surface area contributed by atoms with Crippen LogP contribution >= 0.6 is 0 Å². The lowest BCUT2D eigenvalue weighted by molar-refractivity contribution is -0.137. The molecule has 1 aromatic heterocycles. The van der Waals surface area contributed by atoms with E-state index in [1.165, 1.54) is 6.07 Å². The highest BCUT2D eigenvalue weighted by Gasteiger charge is 2.31. The van der Waals surface area contributed by atoms with Gasteiger partial charge in [0.05, 0.1) is 23.7 Å². The average Bonchev–Trinajstić information content (AvgIpc) is 2.81. The summed E-state index contributed by atoms with van der Waals surface area (Å²) in [7, 11) is 1.82. The molecule has 0 saturated heterocycles. The van der Waals surface area contributed by atoms with Gasteiger partial charge in [-0.25, -0.2) is 0 Å². The van der Waals surface area contributed by atoms with E-state index >= 15 is 0 Å².